The maximum atomic E-state index is 13.2. The van der Waals surface area contributed by atoms with Gasteiger partial charge in [-0.2, -0.15) is 0 Å². The van der Waals surface area contributed by atoms with E-state index in [0.717, 1.165) is 17.7 Å². The van der Waals surface area contributed by atoms with Crippen LogP contribution in [0.5, 0.6) is 0 Å². The number of hydrogen-bond donors (Lipinski definition) is 3. The van der Waals surface area contributed by atoms with Crippen LogP contribution in [-0.2, 0) is 71.3 Å². The Bertz CT molecular complexity index is 1500. The summed E-state index contributed by atoms with van der Waals surface area (Å²) in [5.41, 5.74) is 0.367. The molecule has 1 aromatic rings. The number of carbonyl (C=O) groups is 6. The molecule has 2 aliphatic heterocycles. The number of aliphatic carboxylic acids is 1. The Morgan fingerprint density at radius 1 is 0.556 bits per heavy atom. The lowest BCUT2D eigenvalue weighted by molar-refractivity contribution is -0.138. The summed E-state index contributed by atoms with van der Waals surface area (Å²) in [5, 5.41) is 13.4. The van der Waals surface area contributed by atoms with E-state index < -0.39 is 35.6 Å². The van der Waals surface area contributed by atoms with Crippen LogP contribution in [-0.4, -0.2) is 197 Å². The van der Waals surface area contributed by atoms with Gasteiger partial charge >= 0.3 is 5.97 Å². The van der Waals surface area contributed by atoms with Crippen LogP contribution in [0.2, 0.25) is 0 Å². The molecular formula is C42H65N3O18. The van der Waals surface area contributed by atoms with Gasteiger partial charge < -0.3 is 62.5 Å². The monoisotopic (exact) mass is 899 g/mol. The quantitative estimate of drug-likeness (QED) is 0.0618. The van der Waals surface area contributed by atoms with E-state index >= 15 is 0 Å². The number of rotatable bonds is 41. The first kappa shape index (κ1) is 53.3. The van der Waals surface area contributed by atoms with E-state index in [2.05, 4.69) is 10.6 Å². The fraction of sp³-hybridized carbons (Fsp3) is 0.714. The SMILES string of the molecule is O=C(O)CCOCCOCCOCCOCCOCCOCCOCCOCCOCCOCCOCCCCCC(=O)Nc1cccc2c1C(=O)N(C1CCC(=O)NC1=O)C2=O. The van der Waals surface area contributed by atoms with Crippen molar-refractivity contribution in [2.45, 2.75) is 51.0 Å². The minimum absolute atomic E-state index is 0.0156. The molecule has 1 aromatic carbocycles. The predicted octanol–water partition coefficient (Wildman–Crippen LogP) is 1.24. The molecule has 5 amide bonds. The predicted molar refractivity (Wildman–Crippen MR) is 221 cm³/mol. The number of ether oxygens (including phenoxy) is 11. The van der Waals surface area contributed by atoms with Crippen molar-refractivity contribution < 1.29 is 86.0 Å². The summed E-state index contributed by atoms with van der Waals surface area (Å²) in [4.78, 5) is 73.9. The van der Waals surface area contributed by atoms with E-state index in [0.29, 0.717) is 145 Å². The van der Waals surface area contributed by atoms with Gasteiger partial charge in [0, 0.05) is 19.4 Å². The molecule has 21 nitrogen and oxygen atoms in total. The molecule has 1 unspecified atom stereocenters. The van der Waals surface area contributed by atoms with Gasteiger partial charge in [0.2, 0.25) is 17.7 Å². The normalized spacial score (nSPS) is 15.0. The number of benzene rings is 1. The zero-order chi connectivity index (χ0) is 45.2. The topological polar surface area (TPSA) is 251 Å². The van der Waals surface area contributed by atoms with Gasteiger partial charge in [-0.1, -0.05) is 12.5 Å². The highest BCUT2D eigenvalue weighted by atomic mass is 16.6. The average Bonchev–Trinajstić information content (AvgIpc) is 3.52. The van der Waals surface area contributed by atoms with Crippen molar-refractivity contribution in [3.63, 3.8) is 0 Å². The third kappa shape index (κ3) is 23.5. The third-order valence-corrected chi connectivity index (χ3v) is 9.12. The number of hydrogen-bond acceptors (Lipinski definition) is 17. The molecule has 0 saturated carbocycles. The summed E-state index contributed by atoms with van der Waals surface area (Å²) >= 11 is 0. The number of nitrogens with zero attached hydrogens (tertiary/aromatic N) is 1. The molecule has 21 heteroatoms. The molecule has 0 aromatic heterocycles. The van der Waals surface area contributed by atoms with Crippen LogP contribution in [0.25, 0.3) is 0 Å². The zero-order valence-electron chi connectivity index (χ0n) is 36.2. The number of amides is 5. The minimum atomic E-state index is -1.08. The molecule has 63 heavy (non-hydrogen) atoms. The lowest BCUT2D eigenvalue weighted by atomic mass is 10.0. The lowest BCUT2D eigenvalue weighted by Crippen LogP contribution is -2.54. The standard InChI is InChI=1S/C42H65N3O18/c46-36(43-34-6-4-5-33-39(34)42(52)45(41(33)51)35-8-9-37(47)44-40(35)50)7-2-1-3-11-53-13-15-55-17-19-57-21-23-59-25-27-61-29-31-63-32-30-62-28-26-60-24-22-58-20-18-56-16-14-54-12-10-38(48)49/h4-6,35H,1-3,7-32H2,(H,43,46)(H,48,49)(H,44,47,50). The largest absolute Gasteiger partial charge is 0.481 e. The third-order valence-electron chi connectivity index (χ3n) is 9.12. The summed E-state index contributed by atoms with van der Waals surface area (Å²) < 4.78 is 59.8. The van der Waals surface area contributed by atoms with Crippen LogP contribution in [0.3, 0.4) is 0 Å². The second kappa shape index (κ2) is 34.4. The van der Waals surface area contributed by atoms with Gasteiger partial charge in [-0.15, -0.1) is 0 Å². The smallest absolute Gasteiger partial charge is 0.305 e. The van der Waals surface area contributed by atoms with Crippen LogP contribution in [0.15, 0.2) is 18.2 Å². The lowest BCUT2D eigenvalue weighted by Gasteiger charge is -2.27. The Labute approximate surface area is 367 Å². The van der Waals surface area contributed by atoms with E-state index in [9.17, 15) is 28.8 Å². The fourth-order valence-corrected chi connectivity index (χ4v) is 5.96. The molecule has 1 atom stereocenters. The fourth-order valence-electron chi connectivity index (χ4n) is 5.96. The number of fused-ring (bicyclic) bond motifs is 1. The number of anilines is 1. The Balaban J connectivity index is 0.984. The van der Waals surface area contributed by atoms with Crippen molar-refractivity contribution in [1.29, 1.82) is 0 Å². The van der Waals surface area contributed by atoms with E-state index in [-0.39, 0.29) is 55.0 Å². The molecule has 356 valence electrons. The van der Waals surface area contributed by atoms with Crippen molar-refractivity contribution in [2.24, 2.45) is 0 Å². The van der Waals surface area contributed by atoms with Crippen molar-refractivity contribution >= 4 is 41.2 Å². The summed E-state index contributed by atoms with van der Waals surface area (Å²) in [7, 11) is 0. The van der Waals surface area contributed by atoms with Gasteiger partial charge in [0.1, 0.15) is 6.04 Å². The molecule has 0 aliphatic carbocycles. The highest BCUT2D eigenvalue weighted by Crippen LogP contribution is 2.32. The average molecular weight is 900 g/mol. The molecule has 1 saturated heterocycles. The number of unbranched alkanes of at least 4 members (excludes halogenated alkanes) is 2. The highest BCUT2D eigenvalue weighted by Gasteiger charge is 2.45. The van der Waals surface area contributed by atoms with Crippen LogP contribution in [0.4, 0.5) is 5.69 Å². The van der Waals surface area contributed by atoms with Crippen molar-refractivity contribution in [1.82, 2.24) is 10.2 Å². The Hall–Kier alpha value is -4.00. The molecule has 3 rings (SSSR count). The second-order valence-electron chi connectivity index (χ2n) is 13.9. The molecule has 0 spiro atoms. The van der Waals surface area contributed by atoms with Crippen LogP contribution in [0.1, 0.15) is 65.7 Å². The van der Waals surface area contributed by atoms with E-state index in [4.69, 9.17) is 57.2 Å². The van der Waals surface area contributed by atoms with E-state index in [1.807, 2.05) is 0 Å². The van der Waals surface area contributed by atoms with Gasteiger partial charge in [-0.3, -0.25) is 39.0 Å². The maximum absolute atomic E-state index is 13.2. The number of carboxylic acids is 1. The first-order chi connectivity index (χ1) is 30.8. The Morgan fingerprint density at radius 3 is 1.41 bits per heavy atom. The second-order valence-corrected chi connectivity index (χ2v) is 13.9. The van der Waals surface area contributed by atoms with Gasteiger partial charge in [0.25, 0.3) is 11.8 Å². The number of nitrogens with one attached hydrogen (secondary N) is 2. The molecule has 0 bridgehead atoms. The summed E-state index contributed by atoms with van der Waals surface area (Å²) in [5.74, 6) is -3.62. The molecule has 3 N–H and O–H groups in total. The first-order valence-electron chi connectivity index (χ1n) is 21.5. The molecule has 2 heterocycles. The highest BCUT2D eigenvalue weighted by molar-refractivity contribution is 6.26. The number of carboxylic acid groups (broad SMARTS) is 1. The van der Waals surface area contributed by atoms with Crippen LogP contribution in [0, 0.1) is 0 Å². The van der Waals surface area contributed by atoms with Gasteiger partial charge in [0.15, 0.2) is 0 Å². The first-order valence-corrected chi connectivity index (χ1v) is 21.5. The molecular weight excluding hydrogens is 834 g/mol. The van der Waals surface area contributed by atoms with Gasteiger partial charge in [0.05, 0.1) is 162 Å². The van der Waals surface area contributed by atoms with Gasteiger partial charge in [-0.05, 0) is 31.4 Å². The number of carbonyl (C=O) groups excluding carboxylic acids is 5. The summed E-state index contributed by atoms with van der Waals surface area (Å²) in [6.07, 6.45) is 2.40. The van der Waals surface area contributed by atoms with Crippen molar-refractivity contribution in [3.05, 3.63) is 29.3 Å². The summed E-state index contributed by atoms with van der Waals surface area (Å²) in [6.45, 7) is 9.54. The van der Waals surface area contributed by atoms with Crippen LogP contribution < -0.4 is 10.6 Å². The van der Waals surface area contributed by atoms with Crippen molar-refractivity contribution in [3.8, 4) is 0 Å². The number of piperidine rings is 1. The molecule has 1 fully saturated rings. The molecule has 2 aliphatic rings. The summed E-state index contributed by atoms with van der Waals surface area (Å²) in [6, 6.07) is 3.51. The maximum Gasteiger partial charge on any atom is 0.305 e. The van der Waals surface area contributed by atoms with Gasteiger partial charge in [-0.25, -0.2) is 0 Å². The van der Waals surface area contributed by atoms with Crippen molar-refractivity contribution in [2.75, 3.05) is 151 Å². The minimum Gasteiger partial charge on any atom is -0.481 e. The van der Waals surface area contributed by atoms with Crippen LogP contribution >= 0.6 is 0 Å². The van der Waals surface area contributed by atoms with E-state index in [1.54, 1.807) is 12.1 Å². The Morgan fingerprint density at radius 2 is 0.984 bits per heavy atom. The molecule has 0 radical (unpaired) electrons. The zero-order valence-corrected chi connectivity index (χ0v) is 36.2. The number of imide groups is 2. The van der Waals surface area contributed by atoms with E-state index in [1.165, 1.54) is 6.07 Å². The Kier molecular flexibility index (Phi) is 29.1.